The van der Waals surface area contributed by atoms with Crippen LogP contribution in [0.25, 0.3) is 0 Å². The van der Waals surface area contributed by atoms with E-state index in [1.807, 2.05) is 12.5 Å². The van der Waals surface area contributed by atoms with Crippen molar-refractivity contribution in [1.29, 1.82) is 0 Å². The molecule has 0 aliphatic carbocycles. The smallest absolute Gasteiger partial charge is 0.118 e. The molecule has 5 heteroatoms. The Bertz CT molecular complexity index is 659. The third-order valence-corrected chi connectivity index (χ3v) is 8.99. The number of aryl methyl sites for hydroxylation is 2. The van der Waals surface area contributed by atoms with E-state index in [1.165, 1.54) is 49.8 Å². The molecule has 3 rings (SSSR count). The van der Waals surface area contributed by atoms with Gasteiger partial charge in [0, 0.05) is 24.2 Å². The zero-order valence-electron chi connectivity index (χ0n) is 16.6. The van der Waals surface area contributed by atoms with Crippen molar-refractivity contribution in [3.63, 3.8) is 0 Å². The predicted molar refractivity (Wildman–Crippen MR) is 119 cm³/mol. The SMILES string of the molecule is CCCCC1CCSC(CCc2ccc(OC)cc2)(CCn2ccnc2)S1. The molecule has 2 unspecified atom stereocenters. The van der Waals surface area contributed by atoms with E-state index in [9.17, 15) is 0 Å². The Morgan fingerprint density at radius 1 is 1.26 bits per heavy atom. The number of hydrogen-bond donors (Lipinski definition) is 0. The zero-order valence-corrected chi connectivity index (χ0v) is 18.2. The van der Waals surface area contributed by atoms with Gasteiger partial charge in [0.15, 0.2) is 0 Å². The highest BCUT2D eigenvalue weighted by molar-refractivity contribution is 8.19. The zero-order chi connectivity index (χ0) is 19.0. The first-order valence-corrected chi connectivity index (χ1v) is 12.0. The number of nitrogens with zero attached hydrogens (tertiary/aromatic N) is 2. The Morgan fingerprint density at radius 3 is 2.81 bits per heavy atom. The van der Waals surface area contributed by atoms with Crippen LogP contribution in [-0.2, 0) is 13.0 Å². The number of hydrogen-bond acceptors (Lipinski definition) is 4. The molecule has 1 aliphatic heterocycles. The molecule has 148 valence electrons. The summed E-state index contributed by atoms with van der Waals surface area (Å²) in [5.74, 6) is 2.24. The molecule has 0 saturated carbocycles. The van der Waals surface area contributed by atoms with Gasteiger partial charge in [-0.1, -0.05) is 31.9 Å². The number of thioether (sulfide) groups is 2. The molecule has 2 heterocycles. The highest BCUT2D eigenvalue weighted by Gasteiger charge is 2.37. The predicted octanol–water partition coefficient (Wildman–Crippen LogP) is 6.04. The van der Waals surface area contributed by atoms with Crippen LogP contribution < -0.4 is 4.74 Å². The van der Waals surface area contributed by atoms with Crippen molar-refractivity contribution in [2.75, 3.05) is 12.9 Å². The number of imidazole rings is 1. The molecule has 27 heavy (non-hydrogen) atoms. The van der Waals surface area contributed by atoms with Gasteiger partial charge in [-0.25, -0.2) is 4.98 Å². The van der Waals surface area contributed by atoms with Gasteiger partial charge in [-0.2, -0.15) is 0 Å². The molecule has 3 nitrogen and oxygen atoms in total. The average molecular weight is 405 g/mol. The van der Waals surface area contributed by atoms with Crippen LogP contribution in [0.3, 0.4) is 0 Å². The molecule has 0 spiro atoms. The van der Waals surface area contributed by atoms with Gasteiger partial charge in [0.2, 0.25) is 0 Å². The highest BCUT2D eigenvalue weighted by atomic mass is 32.2. The second-order valence-corrected chi connectivity index (χ2v) is 10.7. The summed E-state index contributed by atoms with van der Waals surface area (Å²) in [6.45, 7) is 3.36. The van der Waals surface area contributed by atoms with Gasteiger partial charge >= 0.3 is 0 Å². The molecule has 0 amide bonds. The van der Waals surface area contributed by atoms with Crippen molar-refractivity contribution in [2.45, 2.75) is 67.7 Å². The molecule has 1 aromatic heterocycles. The molecule has 1 aromatic carbocycles. The van der Waals surface area contributed by atoms with Gasteiger partial charge < -0.3 is 9.30 Å². The number of rotatable bonds is 10. The van der Waals surface area contributed by atoms with Gasteiger partial charge in [0.25, 0.3) is 0 Å². The summed E-state index contributed by atoms with van der Waals surface area (Å²) in [5, 5.41) is 0.824. The second kappa shape index (κ2) is 10.5. The van der Waals surface area contributed by atoms with Crippen LogP contribution >= 0.6 is 23.5 Å². The molecule has 2 aromatic rings. The molecular weight excluding hydrogens is 372 g/mol. The maximum absolute atomic E-state index is 5.30. The maximum Gasteiger partial charge on any atom is 0.118 e. The fourth-order valence-corrected chi connectivity index (χ4v) is 7.53. The van der Waals surface area contributed by atoms with Crippen LogP contribution in [0.15, 0.2) is 43.0 Å². The monoisotopic (exact) mass is 404 g/mol. The summed E-state index contributed by atoms with van der Waals surface area (Å²) in [4.78, 5) is 4.21. The van der Waals surface area contributed by atoms with Gasteiger partial charge in [-0.3, -0.25) is 0 Å². The largest absolute Gasteiger partial charge is 0.497 e. The minimum Gasteiger partial charge on any atom is -0.497 e. The molecule has 0 radical (unpaired) electrons. The molecule has 1 saturated heterocycles. The summed E-state index contributed by atoms with van der Waals surface area (Å²) in [6.07, 6.45) is 14.9. The number of ether oxygens (including phenoxy) is 1. The molecule has 2 atom stereocenters. The van der Waals surface area contributed by atoms with Crippen LogP contribution in [0.4, 0.5) is 0 Å². The Balaban J connectivity index is 1.65. The summed E-state index contributed by atoms with van der Waals surface area (Å²) in [7, 11) is 1.73. The minimum absolute atomic E-state index is 0.320. The molecule has 1 fully saturated rings. The summed E-state index contributed by atoms with van der Waals surface area (Å²) >= 11 is 4.47. The van der Waals surface area contributed by atoms with Crippen LogP contribution in [0.1, 0.15) is 51.0 Å². The van der Waals surface area contributed by atoms with Crippen molar-refractivity contribution in [3.8, 4) is 5.75 Å². The first-order chi connectivity index (χ1) is 13.2. The third kappa shape index (κ3) is 6.21. The molecule has 0 bridgehead atoms. The lowest BCUT2D eigenvalue weighted by molar-refractivity contribution is 0.414. The average Bonchev–Trinajstić information content (AvgIpc) is 3.24. The Morgan fingerprint density at radius 2 is 2.11 bits per heavy atom. The van der Waals surface area contributed by atoms with Crippen molar-refractivity contribution >= 4 is 23.5 Å². The lowest BCUT2D eigenvalue weighted by Crippen LogP contribution is -2.31. The van der Waals surface area contributed by atoms with Crippen LogP contribution in [-0.4, -0.2) is 31.7 Å². The number of unbranched alkanes of at least 4 members (excludes halogenated alkanes) is 1. The summed E-state index contributed by atoms with van der Waals surface area (Å²) < 4.78 is 7.85. The topological polar surface area (TPSA) is 27.1 Å². The minimum atomic E-state index is 0.320. The fraction of sp³-hybridized carbons (Fsp3) is 0.591. The molecule has 0 N–H and O–H groups in total. The third-order valence-electron chi connectivity index (χ3n) is 5.33. The van der Waals surface area contributed by atoms with Crippen LogP contribution in [0.5, 0.6) is 5.75 Å². The van der Waals surface area contributed by atoms with Crippen molar-refractivity contribution in [1.82, 2.24) is 9.55 Å². The van der Waals surface area contributed by atoms with E-state index in [1.54, 1.807) is 7.11 Å². The Kier molecular flexibility index (Phi) is 8.01. The Hall–Kier alpha value is -1.07. The maximum atomic E-state index is 5.30. The van der Waals surface area contributed by atoms with E-state index < -0.39 is 0 Å². The van der Waals surface area contributed by atoms with Gasteiger partial charge in [0.05, 0.1) is 17.5 Å². The summed E-state index contributed by atoms with van der Waals surface area (Å²) in [5.41, 5.74) is 1.41. The van der Waals surface area contributed by atoms with Gasteiger partial charge in [0.1, 0.15) is 5.75 Å². The normalized spacial score (nSPS) is 22.7. The van der Waals surface area contributed by atoms with E-state index in [-0.39, 0.29) is 0 Å². The van der Waals surface area contributed by atoms with Crippen molar-refractivity contribution in [3.05, 3.63) is 48.5 Å². The Labute approximate surface area is 172 Å². The number of benzene rings is 1. The highest BCUT2D eigenvalue weighted by Crippen LogP contribution is 2.52. The second-order valence-electron chi connectivity index (χ2n) is 7.33. The lowest BCUT2D eigenvalue weighted by Gasteiger charge is -2.40. The fourth-order valence-electron chi connectivity index (χ4n) is 3.64. The molecular formula is C22H32N2OS2. The van der Waals surface area contributed by atoms with Gasteiger partial charge in [-0.05, 0) is 55.6 Å². The first kappa shape index (κ1) is 20.7. The summed E-state index contributed by atoms with van der Waals surface area (Å²) in [6, 6.07) is 8.60. The van der Waals surface area contributed by atoms with Crippen LogP contribution in [0.2, 0.25) is 0 Å². The van der Waals surface area contributed by atoms with Crippen molar-refractivity contribution in [2.24, 2.45) is 0 Å². The van der Waals surface area contributed by atoms with E-state index in [0.29, 0.717) is 4.08 Å². The van der Waals surface area contributed by atoms with Crippen molar-refractivity contribution < 1.29 is 4.74 Å². The number of aromatic nitrogens is 2. The first-order valence-electron chi connectivity index (χ1n) is 10.1. The lowest BCUT2D eigenvalue weighted by atomic mass is 10.1. The van der Waals surface area contributed by atoms with E-state index in [2.05, 4.69) is 70.5 Å². The van der Waals surface area contributed by atoms with E-state index in [4.69, 9.17) is 4.74 Å². The standard InChI is InChI=1S/C22H32N2OS2/c1-3-4-5-21-11-17-26-22(27-21,13-15-24-16-14-23-18-24)12-10-19-6-8-20(25-2)9-7-19/h6-9,14,16,18,21H,3-5,10-13,15,17H2,1-2H3. The van der Waals surface area contributed by atoms with Crippen LogP contribution in [0, 0.1) is 0 Å². The molecule has 1 aliphatic rings. The number of methoxy groups -OCH3 is 1. The van der Waals surface area contributed by atoms with E-state index >= 15 is 0 Å². The van der Waals surface area contributed by atoms with Gasteiger partial charge in [-0.15, -0.1) is 23.5 Å². The quantitative estimate of drug-likeness (QED) is 0.482. The van der Waals surface area contributed by atoms with E-state index in [0.717, 1.165) is 24.0 Å².